The van der Waals surface area contributed by atoms with E-state index in [1.54, 1.807) is 24.3 Å². The van der Waals surface area contributed by atoms with Crippen molar-refractivity contribution in [3.8, 4) is 6.07 Å². The van der Waals surface area contributed by atoms with E-state index in [0.29, 0.717) is 11.3 Å². The van der Waals surface area contributed by atoms with Crippen molar-refractivity contribution in [2.24, 2.45) is 0 Å². The molecule has 1 amide bonds. The van der Waals surface area contributed by atoms with Crippen LogP contribution in [0.3, 0.4) is 0 Å². The van der Waals surface area contributed by atoms with Crippen molar-refractivity contribution in [3.05, 3.63) is 59.4 Å². The fourth-order valence-corrected chi connectivity index (χ4v) is 1.78. The van der Waals surface area contributed by atoms with Gasteiger partial charge in [0.05, 0.1) is 17.2 Å². The molecular formula is C15H11N3O3. The predicted molar refractivity (Wildman–Crippen MR) is 75.1 cm³/mol. The Morgan fingerprint density at radius 1 is 1.24 bits per heavy atom. The van der Waals surface area contributed by atoms with Crippen molar-refractivity contribution in [2.45, 2.75) is 0 Å². The number of carboxylic acids is 1. The quantitative estimate of drug-likeness (QED) is 0.927. The van der Waals surface area contributed by atoms with E-state index >= 15 is 0 Å². The number of nitrogens with zero attached hydrogens (tertiary/aromatic N) is 3. The lowest BCUT2D eigenvalue weighted by Crippen LogP contribution is -2.28. The number of carbonyl (C=O) groups is 2. The van der Waals surface area contributed by atoms with Crippen LogP contribution < -0.4 is 4.90 Å². The Morgan fingerprint density at radius 3 is 2.48 bits per heavy atom. The second-order valence-corrected chi connectivity index (χ2v) is 4.23. The molecule has 1 N–H and O–H groups in total. The first-order valence-electron chi connectivity index (χ1n) is 6.01. The van der Waals surface area contributed by atoms with Gasteiger partial charge in [-0.2, -0.15) is 5.26 Å². The standard InChI is InChI=1S/C15H11N3O3/c1-18(11-6-4-10(9-16)5-7-11)14(19)13-12(15(20)21)3-2-8-17-13/h2-8H,1H3,(H,20,21). The van der Waals surface area contributed by atoms with Crippen molar-refractivity contribution in [1.82, 2.24) is 4.98 Å². The van der Waals surface area contributed by atoms with Crippen LogP contribution >= 0.6 is 0 Å². The minimum absolute atomic E-state index is 0.128. The number of benzene rings is 1. The maximum atomic E-state index is 12.4. The van der Waals surface area contributed by atoms with Gasteiger partial charge in [0.1, 0.15) is 5.69 Å². The number of hydrogen-bond acceptors (Lipinski definition) is 4. The first kappa shape index (κ1) is 14.2. The number of nitriles is 1. The third-order valence-electron chi connectivity index (χ3n) is 2.93. The lowest BCUT2D eigenvalue weighted by Gasteiger charge is -2.17. The number of aromatic carboxylic acids is 1. The molecule has 6 nitrogen and oxygen atoms in total. The van der Waals surface area contributed by atoms with Gasteiger partial charge in [-0.3, -0.25) is 9.78 Å². The summed E-state index contributed by atoms with van der Waals surface area (Å²) in [6, 6.07) is 11.2. The normalized spacial score (nSPS) is 9.71. The van der Waals surface area contributed by atoms with Gasteiger partial charge in [0.15, 0.2) is 0 Å². The summed E-state index contributed by atoms with van der Waals surface area (Å²) in [5.74, 6) is -1.74. The molecule has 104 valence electrons. The first-order chi connectivity index (χ1) is 10.0. The Balaban J connectivity index is 2.35. The van der Waals surface area contributed by atoms with Crippen LogP contribution in [0.1, 0.15) is 26.4 Å². The van der Waals surface area contributed by atoms with E-state index in [2.05, 4.69) is 4.98 Å². The lowest BCUT2D eigenvalue weighted by atomic mass is 10.1. The summed E-state index contributed by atoms with van der Waals surface area (Å²) in [5, 5.41) is 17.8. The molecule has 1 heterocycles. The molecule has 0 spiro atoms. The molecule has 0 fully saturated rings. The highest BCUT2D eigenvalue weighted by atomic mass is 16.4. The van der Waals surface area contributed by atoms with E-state index in [1.165, 1.54) is 30.3 Å². The number of anilines is 1. The minimum atomic E-state index is -1.21. The molecule has 0 saturated carbocycles. The molecular weight excluding hydrogens is 270 g/mol. The summed E-state index contributed by atoms with van der Waals surface area (Å²) in [7, 11) is 1.52. The zero-order valence-corrected chi connectivity index (χ0v) is 11.1. The Bertz CT molecular complexity index is 733. The molecule has 0 aliphatic heterocycles. The maximum absolute atomic E-state index is 12.4. The van der Waals surface area contributed by atoms with Crippen LogP contribution in [-0.2, 0) is 0 Å². The van der Waals surface area contributed by atoms with Crippen LogP contribution in [-0.4, -0.2) is 29.0 Å². The third kappa shape index (κ3) is 2.87. The number of rotatable bonds is 3. The zero-order chi connectivity index (χ0) is 15.4. The molecule has 0 saturated heterocycles. The van der Waals surface area contributed by atoms with E-state index in [-0.39, 0.29) is 11.3 Å². The van der Waals surface area contributed by atoms with Crippen LogP contribution in [0.25, 0.3) is 0 Å². The van der Waals surface area contributed by atoms with Gasteiger partial charge in [-0.25, -0.2) is 4.79 Å². The van der Waals surface area contributed by atoms with Gasteiger partial charge in [-0.05, 0) is 36.4 Å². The topological polar surface area (TPSA) is 94.3 Å². The molecule has 0 atom stereocenters. The van der Waals surface area contributed by atoms with Crippen molar-refractivity contribution in [1.29, 1.82) is 5.26 Å². The van der Waals surface area contributed by atoms with Crippen LogP contribution in [0.5, 0.6) is 0 Å². The van der Waals surface area contributed by atoms with Crippen molar-refractivity contribution in [2.75, 3.05) is 11.9 Å². The van der Waals surface area contributed by atoms with E-state index in [0.717, 1.165) is 0 Å². The number of carbonyl (C=O) groups excluding carboxylic acids is 1. The Labute approximate surface area is 120 Å². The van der Waals surface area contributed by atoms with Gasteiger partial charge in [0.25, 0.3) is 5.91 Å². The number of hydrogen-bond donors (Lipinski definition) is 1. The molecule has 1 aromatic carbocycles. The molecule has 1 aromatic heterocycles. The van der Waals surface area contributed by atoms with Crippen LogP contribution in [0, 0.1) is 11.3 Å². The lowest BCUT2D eigenvalue weighted by molar-refractivity contribution is 0.0691. The number of carboxylic acid groups (broad SMARTS) is 1. The van der Waals surface area contributed by atoms with Gasteiger partial charge >= 0.3 is 5.97 Å². The van der Waals surface area contributed by atoms with Gasteiger partial charge in [0.2, 0.25) is 0 Å². The molecule has 0 aliphatic carbocycles. The van der Waals surface area contributed by atoms with Crippen molar-refractivity contribution >= 4 is 17.6 Å². The van der Waals surface area contributed by atoms with E-state index in [1.807, 2.05) is 6.07 Å². The second-order valence-electron chi connectivity index (χ2n) is 4.23. The Hall–Kier alpha value is -3.20. The molecule has 0 bridgehead atoms. The van der Waals surface area contributed by atoms with Crippen LogP contribution in [0.4, 0.5) is 5.69 Å². The molecule has 0 radical (unpaired) electrons. The molecule has 0 unspecified atom stereocenters. The number of amides is 1. The minimum Gasteiger partial charge on any atom is -0.478 e. The van der Waals surface area contributed by atoms with Crippen LogP contribution in [0.2, 0.25) is 0 Å². The average Bonchev–Trinajstić information content (AvgIpc) is 2.53. The SMILES string of the molecule is CN(C(=O)c1ncccc1C(=O)O)c1ccc(C#N)cc1. The highest BCUT2D eigenvalue weighted by molar-refractivity contribution is 6.10. The van der Waals surface area contributed by atoms with E-state index in [4.69, 9.17) is 10.4 Å². The predicted octanol–water partition coefficient (Wildman–Crippen LogP) is 1.93. The highest BCUT2D eigenvalue weighted by Crippen LogP contribution is 2.17. The Morgan fingerprint density at radius 2 is 1.90 bits per heavy atom. The second kappa shape index (κ2) is 5.84. The molecule has 2 aromatic rings. The first-order valence-corrected chi connectivity index (χ1v) is 6.01. The number of aromatic nitrogens is 1. The van der Waals surface area contributed by atoms with Gasteiger partial charge < -0.3 is 10.0 Å². The van der Waals surface area contributed by atoms with Gasteiger partial charge in [0, 0.05) is 18.9 Å². The summed E-state index contributed by atoms with van der Waals surface area (Å²) in [4.78, 5) is 28.6. The molecule has 6 heteroatoms. The van der Waals surface area contributed by atoms with E-state index in [9.17, 15) is 9.59 Å². The summed E-state index contributed by atoms with van der Waals surface area (Å²) in [6.45, 7) is 0. The summed E-state index contributed by atoms with van der Waals surface area (Å²) >= 11 is 0. The fourth-order valence-electron chi connectivity index (χ4n) is 1.78. The molecule has 0 aliphatic rings. The van der Waals surface area contributed by atoms with Gasteiger partial charge in [-0.15, -0.1) is 0 Å². The van der Waals surface area contributed by atoms with Gasteiger partial charge in [-0.1, -0.05) is 0 Å². The largest absolute Gasteiger partial charge is 0.478 e. The Kier molecular flexibility index (Phi) is 3.95. The maximum Gasteiger partial charge on any atom is 0.338 e. The highest BCUT2D eigenvalue weighted by Gasteiger charge is 2.21. The zero-order valence-electron chi connectivity index (χ0n) is 11.1. The average molecular weight is 281 g/mol. The third-order valence-corrected chi connectivity index (χ3v) is 2.93. The fraction of sp³-hybridized carbons (Fsp3) is 0.0667. The summed E-state index contributed by atoms with van der Waals surface area (Å²) < 4.78 is 0. The van der Waals surface area contributed by atoms with E-state index < -0.39 is 11.9 Å². The van der Waals surface area contributed by atoms with Crippen molar-refractivity contribution in [3.63, 3.8) is 0 Å². The van der Waals surface area contributed by atoms with Crippen LogP contribution in [0.15, 0.2) is 42.6 Å². The summed E-state index contributed by atoms with van der Waals surface area (Å²) in [5.41, 5.74) is 0.740. The van der Waals surface area contributed by atoms with Crippen molar-refractivity contribution < 1.29 is 14.7 Å². The molecule has 2 rings (SSSR count). The smallest absolute Gasteiger partial charge is 0.338 e. The number of pyridine rings is 1. The molecule has 21 heavy (non-hydrogen) atoms. The monoisotopic (exact) mass is 281 g/mol. The summed E-state index contributed by atoms with van der Waals surface area (Å²) in [6.07, 6.45) is 1.37.